The van der Waals surface area contributed by atoms with E-state index in [1.165, 1.54) is 76.3 Å². The minimum atomic E-state index is 0.635. The molecule has 4 heteroatoms. The molecule has 1 saturated heterocycles. The predicted octanol–water partition coefficient (Wildman–Crippen LogP) is 3.81. The number of unbranched alkanes of at least 4 members (excludes halogenated alkanes) is 5. The van der Waals surface area contributed by atoms with Crippen LogP contribution >= 0.6 is 8.58 Å². The lowest BCUT2D eigenvalue weighted by molar-refractivity contribution is 0.177. The first-order valence-corrected chi connectivity index (χ1v) is 10.3. The number of nitrogens with zero attached hydrogens (tertiary/aromatic N) is 3. The Morgan fingerprint density at radius 1 is 1.14 bits per heavy atom. The van der Waals surface area contributed by atoms with E-state index in [9.17, 15) is 0 Å². The first kappa shape index (κ1) is 17.0. The van der Waals surface area contributed by atoms with Crippen molar-refractivity contribution in [2.45, 2.75) is 64.3 Å². The molecule has 1 atom stereocenters. The highest BCUT2D eigenvalue weighted by Crippen LogP contribution is 2.22. The monoisotopic (exact) mass is 309 g/mol. The number of likely N-dealkylation sites (tertiary alicyclic amines) is 1. The van der Waals surface area contributed by atoms with E-state index in [2.05, 4.69) is 34.5 Å². The quantitative estimate of drug-likeness (QED) is 0.511. The summed E-state index contributed by atoms with van der Waals surface area (Å²) in [6, 6.07) is 0.635. The summed E-state index contributed by atoms with van der Waals surface area (Å²) in [5.74, 6) is 0. The maximum atomic E-state index is 4.54. The van der Waals surface area contributed by atoms with Crippen LogP contribution in [0.5, 0.6) is 0 Å². The van der Waals surface area contributed by atoms with Gasteiger partial charge in [-0.2, -0.15) is 5.10 Å². The van der Waals surface area contributed by atoms with Gasteiger partial charge in [0.05, 0.1) is 12.2 Å². The predicted molar refractivity (Wildman–Crippen MR) is 94.2 cm³/mol. The van der Waals surface area contributed by atoms with Gasteiger partial charge in [-0.1, -0.05) is 47.6 Å². The molecule has 0 radical (unpaired) electrons. The molecule has 0 bridgehead atoms. The van der Waals surface area contributed by atoms with Crippen LogP contribution in [0.1, 0.15) is 64.3 Å². The Hall–Kier alpha value is -0.400. The van der Waals surface area contributed by atoms with Gasteiger partial charge in [0, 0.05) is 24.6 Å². The van der Waals surface area contributed by atoms with E-state index >= 15 is 0 Å². The van der Waals surface area contributed by atoms with Crippen molar-refractivity contribution in [2.75, 3.05) is 26.3 Å². The molecule has 0 aromatic carbocycles. The molecule has 2 heterocycles. The highest BCUT2D eigenvalue weighted by Gasteiger charge is 2.20. The van der Waals surface area contributed by atoms with Crippen molar-refractivity contribution >= 4 is 13.9 Å². The van der Waals surface area contributed by atoms with Crippen LogP contribution in [0.25, 0.3) is 0 Å². The molecule has 0 spiro atoms. The second kappa shape index (κ2) is 9.58. The van der Waals surface area contributed by atoms with Crippen molar-refractivity contribution in [3.63, 3.8) is 0 Å². The molecule has 1 fully saturated rings. The lowest BCUT2D eigenvalue weighted by Gasteiger charge is -2.32. The van der Waals surface area contributed by atoms with Crippen LogP contribution in [0.2, 0.25) is 0 Å². The van der Waals surface area contributed by atoms with E-state index in [-0.39, 0.29) is 0 Å². The number of piperidine rings is 1. The van der Waals surface area contributed by atoms with Crippen LogP contribution in [0.4, 0.5) is 0 Å². The molecular formula is C17H32N3P. The fourth-order valence-electron chi connectivity index (χ4n) is 3.19. The van der Waals surface area contributed by atoms with Crippen LogP contribution in [0, 0.1) is 0 Å². The van der Waals surface area contributed by atoms with Crippen molar-refractivity contribution in [1.29, 1.82) is 0 Å². The normalized spacial score (nSPS) is 18.0. The number of aromatic nitrogens is 2. The fraction of sp³-hybridized carbons (Fsp3) is 0.824. The molecule has 21 heavy (non-hydrogen) atoms. The molecule has 1 unspecified atom stereocenters. The van der Waals surface area contributed by atoms with Gasteiger partial charge in [-0.3, -0.25) is 4.68 Å². The second-order valence-electron chi connectivity index (χ2n) is 6.30. The molecule has 0 aliphatic carbocycles. The number of hydrogen-bond donors (Lipinski definition) is 0. The molecule has 0 amide bonds. The molecule has 3 nitrogen and oxygen atoms in total. The first-order valence-electron chi connectivity index (χ1n) is 8.77. The van der Waals surface area contributed by atoms with Gasteiger partial charge in [0.25, 0.3) is 0 Å². The van der Waals surface area contributed by atoms with Crippen LogP contribution in [-0.4, -0.2) is 41.0 Å². The maximum absolute atomic E-state index is 4.54. The molecule has 0 saturated carbocycles. The summed E-state index contributed by atoms with van der Waals surface area (Å²) in [6.45, 7) is 8.32. The summed E-state index contributed by atoms with van der Waals surface area (Å²) in [7, 11) is 0.866. The zero-order valence-corrected chi connectivity index (χ0v) is 14.9. The van der Waals surface area contributed by atoms with Gasteiger partial charge in [-0.15, -0.1) is 0 Å². The average molecular weight is 309 g/mol. The van der Waals surface area contributed by atoms with Crippen molar-refractivity contribution in [2.24, 2.45) is 0 Å². The third-order valence-corrected chi connectivity index (χ3v) is 5.48. The summed E-state index contributed by atoms with van der Waals surface area (Å²) in [5, 5.41) is 5.94. The molecule has 120 valence electrons. The Labute approximate surface area is 132 Å². The SMILES string of the molecule is CCCCCCCCN1CCC(n2cc(PC)cn2)CC1. The highest BCUT2D eigenvalue weighted by atomic mass is 31.1. The third-order valence-electron chi connectivity index (χ3n) is 4.65. The minimum Gasteiger partial charge on any atom is -0.303 e. The van der Waals surface area contributed by atoms with E-state index in [4.69, 9.17) is 0 Å². The molecular weight excluding hydrogens is 277 g/mol. The van der Waals surface area contributed by atoms with Crippen molar-refractivity contribution in [3.8, 4) is 0 Å². The van der Waals surface area contributed by atoms with Crippen LogP contribution in [-0.2, 0) is 0 Å². The molecule has 1 aromatic heterocycles. The second-order valence-corrected chi connectivity index (χ2v) is 7.38. The van der Waals surface area contributed by atoms with Crippen LogP contribution < -0.4 is 5.30 Å². The van der Waals surface area contributed by atoms with Gasteiger partial charge in [-0.05, 0) is 32.5 Å². The third kappa shape index (κ3) is 5.71. The highest BCUT2D eigenvalue weighted by molar-refractivity contribution is 7.46. The van der Waals surface area contributed by atoms with Gasteiger partial charge < -0.3 is 4.90 Å². The van der Waals surface area contributed by atoms with Gasteiger partial charge in [0.2, 0.25) is 0 Å². The van der Waals surface area contributed by atoms with Crippen LogP contribution in [0.3, 0.4) is 0 Å². The van der Waals surface area contributed by atoms with E-state index in [1.54, 1.807) is 0 Å². The Balaban J connectivity index is 1.59. The molecule has 2 rings (SSSR count). The van der Waals surface area contributed by atoms with E-state index < -0.39 is 0 Å². The first-order chi connectivity index (χ1) is 10.3. The lowest BCUT2D eigenvalue weighted by Crippen LogP contribution is -2.35. The van der Waals surface area contributed by atoms with Gasteiger partial charge >= 0.3 is 0 Å². The summed E-state index contributed by atoms with van der Waals surface area (Å²) in [5.41, 5.74) is 0. The van der Waals surface area contributed by atoms with Crippen molar-refractivity contribution < 1.29 is 0 Å². The Morgan fingerprint density at radius 2 is 1.86 bits per heavy atom. The Bertz CT molecular complexity index is 383. The minimum absolute atomic E-state index is 0.635. The summed E-state index contributed by atoms with van der Waals surface area (Å²) < 4.78 is 2.22. The molecule has 1 aliphatic heterocycles. The van der Waals surface area contributed by atoms with E-state index in [1.807, 2.05) is 6.20 Å². The van der Waals surface area contributed by atoms with Gasteiger partial charge in [-0.25, -0.2) is 0 Å². The Morgan fingerprint density at radius 3 is 2.52 bits per heavy atom. The van der Waals surface area contributed by atoms with E-state index in [0.29, 0.717) is 6.04 Å². The fourth-order valence-corrected chi connectivity index (χ4v) is 3.64. The molecule has 1 aliphatic rings. The zero-order chi connectivity index (χ0) is 14.9. The van der Waals surface area contributed by atoms with Crippen molar-refractivity contribution in [3.05, 3.63) is 12.4 Å². The molecule has 0 N–H and O–H groups in total. The largest absolute Gasteiger partial charge is 0.303 e. The maximum Gasteiger partial charge on any atom is 0.0563 e. The van der Waals surface area contributed by atoms with Gasteiger partial charge in [0.15, 0.2) is 0 Å². The van der Waals surface area contributed by atoms with E-state index in [0.717, 1.165) is 8.58 Å². The Kier molecular flexibility index (Phi) is 7.74. The molecule has 1 aromatic rings. The smallest absolute Gasteiger partial charge is 0.0563 e. The average Bonchev–Trinajstić information content (AvgIpc) is 3.00. The summed E-state index contributed by atoms with van der Waals surface area (Å²) in [4.78, 5) is 2.66. The van der Waals surface area contributed by atoms with Crippen molar-refractivity contribution in [1.82, 2.24) is 14.7 Å². The van der Waals surface area contributed by atoms with Crippen LogP contribution in [0.15, 0.2) is 12.4 Å². The topological polar surface area (TPSA) is 21.1 Å². The summed E-state index contributed by atoms with van der Waals surface area (Å²) >= 11 is 0. The standard InChI is InChI=1S/C17H32N3P/c1-3-4-5-6-7-8-11-19-12-9-16(10-13-19)20-15-17(21-2)14-18-20/h14-16,21H,3-13H2,1-2H3. The zero-order valence-electron chi connectivity index (χ0n) is 13.9. The van der Waals surface area contributed by atoms with Gasteiger partial charge in [0.1, 0.15) is 0 Å². The number of hydrogen-bond acceptors (Lipinski definition) is 2. The summed E-state index contributed by atoms with van der Waals surface area (Å²) in [6.07, 6.45) is 15.3. The lowest BCUT2D eigenvalue weighted by atomic mass is 10.0. The number of rotatable bonds is 9.